The van der Waals surface area contributed by atoms with Gasteiger partial charge >= 0.3 is 5.97 Å². The van der Waals surface area contributed by atoms with Crippen LogP contribution in [-0.2, 0) is 24.4 Å². The van der Waals surface area contributed by atoms with Crippen molar-refractivity contribution in [3.8, 4) is 11.5 Å². The molecule has 0 N–H and O–H groups in total. The molecular formula is C18H19BrO7. The van der Waals surface area contributed by atoms with Gasteiger partial charge in [-0.2, -0.15) is 0 Å². The van der Waals surface area contributed by atoms with Crippen LogP contribution in [0.2, 0.25) is 0 Å². The maximum absolute atomic E-state index is 12.9. The number of halogens is 1. The molecular weight excluding hydrogens is 408 g/mol. The Morgan fingerprint density at radius 3 is 2.77 bits per heavy atom. The number of methoxy groups -OCH3 is 3. The first-order valence-corrected chi connectivity index (χ1v) is 8.73. The summed E-state index contributed by atoms with van der Waals surface area (Å²) < 4.78 is 27.8. The fourth-order valence-electron chi connectivity index (χ4n) is 3.55. The van der Waals surface area contributed by atoms with Crippen molar-refractivity contribution < 1.29 is 33.3 Å². The largest absolute Gasteiger partial charge is 0.493 e. The standard InChI is InChI=1S/C18H19BrO7/c1-22-9-25-13-6-14-18(7-11(13)19,17(21)24-3)15-10(8-20)4-5-12(23-2)16(15)26-14/h4-5,7-8,13-14H,6,9H2,1-3H3/t13-,14-,18-/m0/s1. The maximum atomic E-state index is 12.9. The van der Waals surface area contributed by atoms with E-state index in [1.165, 1.54) is 21.3 Å². The van der Waals surface area contributed by atoms with Crippen molar-refractivity contribution in [2.75, 3.05) is 28.1 Å². The number of fused-ring (bicyclic) bond motifs is 3. The average molecular weight is 427 g/mol. The van der Waals surface area contributed by atoms with Crippen LogP contribution in [0.25, 0.3) is 0 Å². The normalized spacial score (nSPS) is 26.2. The molecule has 0 unspecified atom stereocenters. The molecule has 8 heteroatoms. The molecule has 3 atom stereocenters. The molecule has 0 spiro atoms. The molecule has 0 fully saturated rings. The Hall–Kier alpha value is -1.90. The Kier molecular flexibility index (Phi) is 5.36. The van der Waals surface area contributed by atoms with Crippen molar-refractivity contribution in [2.24, 2.45) is 0 Å². The molecule has 0 amide bonds. The molecule has 0 aromatic heterocycles. The maximum Gasteiger partial charge on any atom is 0.324 e. The van der Waals surface area contributed by atoms with Crippen molar-refractivity contribution >= 4 is 28.2 Å². The smallest absolute Gasteiger partial charge is 0.324 e. The summed E-state index contributed by atoms with van der Waals surface area (Å²) in [5.41, 5.74) is -0.465. The molecule has 1 aromatic carbocycles. The summed E-state index contributed by atoms with van der Waals surface area (Å²) in [6.07, 6.45) is 1.81. The lowest BCUT2D eigenvalue weighted by atomic mass is 9.70. The Balaban J connectivity index is 2.20. The van der Waals surface area contributed by atoms with Crippen molar-refractivity contribution in [1.82, 2.24) is 0 Å². The summed E-state index contributed by atoms with van der Waals surface area (Å²) in [6, 6.07) is 3.25. The van der Waals surface area contributed by atoms with E-state index in [2.05, 4.69) is 15.9 Å². The highest BCUT2D eigenvalue weighted by Gasteiger charge is 2.59. The summed E-state index contributed by atoms with van der Waals surface area (Å²) in [5, 5.41) is 0. The zero-order chi connectivity index (χ0) is 18.9. The third-order valence-corrected chi connectivity index (χ3v) is 5.43. The minimum Gasteiger partial charge on any atom is -0.493 e. The van der Waals surface area contributed by atoms with Gasteiger partial charge in [0, 0.05) is 29.1 Å². The van der Waals surface area contributed by atoms with E-state index in [0.717, 1.165) is 0 Å². The van der Waals surface area contributed by atoms with Crippen LogP contribution in [0.1, 0.15) is 22.3 Å². The van der Waals surface area contributed by atoms with Gasteiger partial charge in [-0.05, 0) is 18.2 Å². The van der Waals surface area contributed by atoms with Crippen molar-refractivity contribution in [1.29, 1.82) is 0 Å². The van der Waals surface area contributed by atoms with Gasteiger partial charge in [0.2, 0.25) is 0 Å². The van der Waals surface area contributed by atoms with Gasteiger partial charge in [0.25, 0.3) is 0 Å². The summed E-state index contributed by atoms with van der Waals surface area (Å²) in [5.74, 6) is 0.304. The van der Waals surface area contributed by atoms with E-state index in [1.807, 2.05) is 0 Å². The van der Waals surface area contributed by atoms with E-state index in [-0.39, 0.29) is 12.9 Å². The lowest BCUT2D eigenvalue weighted by molar-refractivity contribution is -0.149. The Morgan fingerprint density at radius 2 is 2.15 bits per heavy atom. The lowest BCUT2D eigenvalue weighted by Crippen LogP contribution is -2.49. The second-order valence-electron chi connectivity index (χ2n) is 5.97. The molecule has 3 rings (SSSR count). The number of carbonyl (C=O) groups is 2. The quantitative estimate of drug-likeness (QED) is 0.392. The van der Waals surface area contributed by atoms with Gasteiger partial charge in [0.15, 0.2) is 23.2 Å². The summed E-state index contributed by atoms with van der Waals surface area (Å²) in [4.78, 5) is 24.5. The van der Waals surface area contributed by atoms with Gasteiger partial charge in [-0.25, -0.2) is 0 Å². The predicted octanol–water partition coefficient (Wildman–Crippen LogP) is 2.35. The monoisotopic (exact) mass is 426 g/mol. The van der Waals surface area contributed by atoms with Crippen LogP contribution in [0.15, 0.2) is 22.7 Å². The van der Waals surface area contributed by atoms with Gasteiger partial charge in [0.1, 0.15) is 12.9 Å². The zero-order valence-corrected chi connectivity index (χ0v) is 16.2. The molecule has 1 aromatic rings. The number of rotatable bonds is 6. The number of carbonyl (C=O) groups excluding carboxylic acids is 2. The summed E-state index contributed by atoms with van der Waals surface area (Å²) in [6.45, 7) is 0.0986. The van der Waals surface area contributed by atoms with E-state index in [1.54, 1.807) is 18.2 Å². The van der Waals surface area contributed by atoms with Gasteiger partial charge in [-0.3, -0.25) is 9.59 Å². The molecule has 1 heterocycles. The van der Waals surface area contributed by atoms with Crippen LogP contribution in [0, 0.1) is 0 Å². The van der Waals surface area contributed by atoms with E-state index < -0.39 is 17.5 Å². The van der Waals surface area contributed by atoms with Gasteiger partial charge in [-0.1, -0.05) is 15.9 Å². The topological polar surface area (TPSA) is 80.3 Å². The fraction of sp³-hybridized carbons (Fsp3) is 0.444. The van der Waals surface area contributed by atoms with Gasteiger partial charge in [-0.15, -0.1) is 0 Å². The molecule has 0 saturated carbocycles. The third-order valence-electron chi connectivity index (χ3n) is 4.69. The minimum atomic E-state index is -1.26. The number of aldehydes is 1. The van der Waals surface area contributed by atoms with Crippen LogP contribution >= 0.6 is 15.9 Å². The molecule has 26 heavy (non-hydrogen) atoms. The van der Waals surface area contributed by atoms with Crippen LogP contribution in [0.3, 0.4) is 0 Å². The first-order chi connectivity index (χ1) is 12.5. The molecule has 2 aliphatic rings. The van der Waals surface area contributed by atoms with Crippen LogP contribution in [0.4, 0.5) is 0 Å². The number of hydrogen-bond donors (Lipinski definition) is 0. The number of benzene rings is 1. The Bertz CT molecular complexity index is 760. The highest BCUT2D eigenvalue weighted by molar-refractivity contribution is 9.11. The lowest BCUT2D eigenvalue weighted by Gasteiger charge is -2.36. The zero-order valence-electron chi connectivity index (χ0n) is 14.6. The molecule has 0 radical (unpaired) electrons. The molecule has 7 nitrogen and oxygen atoms in total. The molecule has 140 valence electrons. The van der Waals surface area contributed by atoms with Crippen molar-refractivity contribution in [3.63, 3.8) is 0 Å². The van der Waals surface area contributed by atoms with Crippen LogP contribution in [0.5, 0.6) is 11.5 Å². The SMILES string of the molecule is COCO[C@H]1C[C@@H]2Oc3c(OC)ccc(C=O)c3[C@]2(C(=O)OC)C=C1Br. The van der Waals surface area contributed by atoms with E-state index in [9.17, 15) is 9.59 Å². The summed E-state index contributed by atoms with van der Waals surface area (Å²) in [7, 11) is 4.34. The molecule has 1 aliphatic carbocycles. The highest BCUT2D eigenvalue weighted by Crippen LogP contribution is 2.55. The second kappa shape index (κ2) is 7.38. The van der Waals surface area contributed by atoms with Crippen molar-refractivity contribution in [3.05, 3.63) is 33.8 Å². The Labute approximate surface area is 159 Å². The van der Waals surface area contributed by atoms with E-state index in [4.69, 9.17) is 23.7 Å². The van der Waals surface area contributed by atoms with Crippen molar-refractivity contribution in [2.45, 2.75) is 24.0 Å². The van der Waals surface area contributed by atoms with Gasteiger partial charge in [0.05, 0.1) is 20.3 Å². The number of esters is 1. The molecule has 0 bridgehead atoms. The minimum absolute atomic E-state index is 0.0986. The first kappa shape index (κ1) is 18.9. The Morgan fingerprint density at radius 1 is 1.38 bits per heavy atom. The molecule has 1 aliphatic heterocycles. The highest BCUT2D eigenvalue weighted by atomic mass is 79.9. The van der Waals surface area contributed by atoms with Crippen LogP contribution in [-0.4, -0.2) is 52.6 Å². The predicted molar refractivity (Wildman–Crippen MR) is 94.9 cm³/mol. The first-order valence-electron chi connectivity index (χ1n) is 7.94. The fourth-order valence-corrected chi connectivity index (χ4v) is 4.23. The van der Waals surface area contributed by atoms with Gasteiger partial charge < -0.3 is 23.7 Å². The second-order valence-corrected chi connectivity index (χ2v) is 6.89. The summed E-state index contributed by atoms with van der Waals surface area (Å²) >= 11 is 3.49. The average Bonchev–Trinajstić information content (AvgIpc) is 2.99. The number of ether oxygens (including phenoxy) is 5. The number of hydrogen-bond acceptors (Lipinski definition) is 7. The van der Waals surface area contributed by atoms with E-state index in [0.29, 0.717) is 39.8 Å². The van der Waals surface area contributed by atoms with Crippen LogP contribution < -0.4 is 9.47 Å². The molecule has 0 saturated heterocycles. The van der Waals surface area contributed by atoms with E-state index >= 15 is 0 Å². The third kappa shape index (κ3) is 2.72.